The highest BCUT2D eigenvalue weighted by molar-refractivity contribution is 4.89. The molecule has 1 N–H and O–H groups in total. The van der Waals surface area contributed by atoms with Gasteiger partial charge in [-0.15, -0.1) is 0 Å². The van der Waals surface area contributed by atoms with Crippen LogP contribution in [-0.2, 0) is 9.47 Å². The summed E-state index contributed by atoms with van der Waals surface area (Å²) in [7, 11) is 0. The lowest BCUT2D eigenvalue weighted by Gasteiger charge is -2.41. The average Bonchev–Trinajstić information content (AvgIpc) is 2.99. The van der Waals surface area contributed by atoms with Gasteiger partial charge in [-0.05, 0) is 44.6 Å². The molecule has 0 spiro atoms. The van der Waals surface area contributed by atoms with Gasteiger partial charge in [-0.25, -0.2) is 0 Å². The first kappa shape index (κ1) is 16.3. The molecule has 1 saturated carbocycles. The van der Waals surface area contributed by atoms with Gasteiger partial charge < -0.3 is 14.8 Å². The summed E-state index contributed by atoms with van der Waals surface area (Å²) in [6.07, 6.45) is 9.06. The second kappa shape index (κ2) is 8.35. The molecular weight excluding hydrogens is 250 g/mol. The van der Waals surface area contributed by atoms with Gasteiger partial charge in [0.05, 0.1) is 18.8 Å². The summed E-state index contributed by atoms with van der Waals surface area (Å²) >= 11 is 0. The Bertz CT molecular complexity index is 256. The highest BCUT2D eigenvalue weighted by Gasteiger charge is 2.36. The summed E-state index contributed by atoms with van der Waals surface area (Å²) in [5, 5.41) is 3.52. The third-order valence-electron chi connectivity index (χ3n) is 5.06. The van der Waals surface area contributed by atoms with E-state index in [1.165, 1.54) is 44.9 Å². The third-order valence-corrected chi connectivity index (χ3v) is 5.06. The van der Waals surface area contributed by atoms with E-state index in [1.54, 1.807) is 0 Å². The zero-order valence-electron chi connectivity index (χ0n) is 13.5. The Morgan fingerprint density at radius 3 is 2.55 bits per heavy atom. The number of ether oxygens (including phenoxy) is 2. The van der Waals surface area contributed by atoms with Crippen LogP contribution in [0, 0.1) is 11.8 Å². The fourth-order valence-electron chi connectivity index (χ4n) is 3.63. The number of rotatable bonds is 8. The van der Waals surface area contributed by atoms with E-state index in [4.69, 9.17) is 9.47 Å². The molecule has 118 valence electrons. The standard InChI is InChI=1S/C17H33NO2/c1-3-5-15-6-9-17(10-7-15,14-18-4-2)20-13-16-8-11-19-12-16/h15-16,18H,3-14H2,1-2H3. The molecule has 0 aromatic carbocycles. The summed E-state index contributed by atoms with van der Waals surface area (Å²) in [6.45, 7) is 9.26. The Hall–Kier alpha value is -0.120. The zero-order valence-corrected chi connectivity index (χ0v) is 13.5. The first-order valence-corrected chi connectivity index (χ1v) is 8.70. The lowest BCUT2D eigenvalue weighted by atomic mass is 9.77. The average molecular weight is 283 g/mol. The van der Waals surface area contributed by atoms with E-state index in [0.717, 1.165) is 38.8 Å². The van der Waals surface area contributed by atoms with Crippen molar-refractivity contribution in [2.75, 3.05) is 32.9 Å². The molecule has 3 heteroatoms. The third kappa shape index (κ3) is 4.71. The van der Waals surface area contributed by atoms with Crippen LogP contribution in [-0.4, -0.2) is 38.5 Å². The Labute approximate surface area is 124 Å². The number of hydrogen-bond donors (Lipinski definition) is 1. The van der Waals surface area contributed by atoms with Crippen molar-refractivity contribution < 1.29 is 9.47 Å². The van der Waals surface area contributed by atoms with Crippen LogP contribution < -0.4 is 5.32 Å². The van der Waals surface area contributed by atoms with Crippen LogP contribution in [0.5, 0.6) is 0 Å². The van der Waals surface area contributed by atoms with E-state index in [0.29, 0.717) is 5.92 Å². The van der Waals surface area contributed by atoms with E-state index in [2.05, 4.69) is 19.2 Å². The summed E-state index contributed by atoms with van der Waals surface area (Å²) in [5.74, 6) is 1.56. The molecule has 3 nitrogen and oxygen atoms in total. The molecule has 0 radical (unpaired) electrons. The second-order valence-corrected chi connectivity index (χ2v) is 6.74. The minimum Gasteiger partial charge on any atom is -0.381 e. The van der Waals surface area contributed by atoms with Gasteiger partial charge in [-0.2, -0.15) is 0 Å². The maximum Gasteiger partial charge on any atom is 0.0806 e. The molecule has 20 heavy (non-hydrogen) atoms. The molecule has 2 rings (SSSR count). The van der Waals surface area contributed by atoms with E-state index in [1.807, 2.05) is 0 Å². The normalized spacial score (nSPS) is 34.5. The van der Waals surface area contributed by atoms with Gasteiger partial charge in [-0.1, -0.05) is 26.7 Å². The molecule has 0 aromatic heterocycles. The van der Waals surface area contributed by atoms with E-state index < -0.39 is 0 Å². The monoisotopic (exact) mass is 283 g/mol. The maximum absolute atomic E-state index is 6.44. The van der Waals surface area contributed by atoms with Crippen LogP contribution in [0.1, 0.15) is 58.8 Å². The van der Waals surface area contributed by atoms with Crippen molar-refractivity contribution in [3.05, 3.63) is 0 Å². The topological polar surface area (TPSA) is 30.5 Å². The van der Waals surface area contributed by atoms with Crippen LogP contribution in [0.15, 0.2) is 0 Å². The Kier molecular flexibility index (Phi) is 6.79. The van der Waals surface area contributed by atoms with Gasteiger partial charge in [0.25, 0.3) is 0 Å². The van der Waals surface area contributed by atoms with Crippen molar-refractivity contribution in [1.82, 2.24) is 5.32 Å². The fourth-order valence-corrected chi connectivity index (χ4v) is 3.63. The molecule has 2 aliphatic rings. The smallest absolute Gasteiger partial charge is 0.0806 e. The molecule has 0 amide bonds. The number of hydrogen-bond acceptors (Lipinski definition) is 3. The Balaban J connectivity index is 1.82. The molecule has 1 aliphatic carbocycles. The first-order chi connectivity index (χ1) is 9.78. The lowest BCUT2D eigenvalue weighted by molar-refractivity contribution is -0.0890. The van der Waals surface area contributed by atoms with Gasteiger partial charge in [0.15, 0.2) is 0 Å². The molecule has 2 fully saturated rings. The molecule has 1 unspecified atom stereocenters. The van der Waals surface area contributed by atoms with Crippen molar-refractivity contribution in [1.29, 1.82) is 0 Å². The van der Waals surface area contributed by atoms with Crippen molar-refractivity contribution in [3.63, 3.8) is 0 Å². The fraction of sp³-hybridized carbons (Fsp3) is 1.00. The highest BCUT2D eigenvalue weighted by Crippen LogP contribution is 2.37. The Morgan fingerprint density at radius 1 is 1.15 bits per heavy atom. The summed E-state index contributed by atoms with van der Waals surface area (Å²) in [4.78, 5) is 0. The van der Waals surface area contributed by atoms with Crippen molar-refractivity contribution in [2.45, 2.75) is 64.4 Å². The SMILES string of the molecule is CCCC1CCC(CNCC)(OCC2CCOC2)CC1. The zero-order chi connectivity index (χ0) is 14.3. The molecule has 0 aromatic rings. The van der Waals surface area contributed by atoms with Crippen molar-refractivity contribution >= 4 is 0 Å². The molecule has 1 heterocycles. The van der Waals surface area contributed by atoms with Gasteiger partial charge in [0.1, 0.15) is 0 Å². The van der Waals surface area contributed by atoms with Gasteiger partial charge in [0, 0.05) is 19.1 Å². The highest BCUT2D eigenvalue weighted by atomic mass is 16.5. The number of likely N-dealkylation sites (N-methyl/N-ethyl adjacent to an activating group) is 1. The minimum absolute atomic E-state index is 0.100. The predicted molar refractivity (Wildman–Crippen MR) is 83.0 cm³/mol. The predicted octanol–water partition coefficient (Wildman–Crippen LogP) is 3.38. The lowest BCUT2D eigenvalue weighted by Crippen LogP contribution is -2.46. The molecule has 1 atom stereocenters. The van der Waals surface area contributed by atoms with E-state index in [9.17, 15) is 0 Å². The van der Waals surface area contributed by atoms with Crippen LogP contribution in [0.25, 0.3) is 0 Å². The van der Waals surface area contributed by atoms with Crippen molar-refractivity contribution in [3.8, 4) is 0 Å². The largest absolute Gasteiger partial charge is 0.381 e. The summed E-state index contributed by atoms with van der Waals surface area (Å²) in [5.41, 5.74) is 0.100. The molecule has 1 aliphatic heterocycles. The van der Waals surface area contributed by atoms with Crippen LogP contribution in [0.3, 0.4) is 0 Å². The van der Waals surface area contributed by atoms with Crippen LogP contribution in [0.4, 0.5) is 0 Å². The maximum atomic E-state index is 6.44. The molecule has 1 saturated heterocycles. The van der Waals surface area contributed by atoms with Gasteiger partial charge in [-0.3, -0.25) is 0 Å². The second-order valence-electron chi connectivity index (χ2n) is 6.74. The molecule has 0 bridgehead atoms. The minimum atomic E-state index is 0.100. The van der Waals surface area contributed by atoms with Gasteiger partial charge in [0.2, 0.25) is 0 Å². The molecular formula is C17H33NO2. The van der Waals surface area contributed by atoms with Crippen molar-refractivity contribution in [2.24, 2.45) is 11.8 Å². The Morgan fingerprint density at radius 2 is 1.95 bits per heavy atom. The van der Waals surface area contributed by atoms with Crippen LogP contribution >= 0.6 is 0 Å². The first-order valence-electron chi connectivity index (χ1n) is 8.70. The summed E-state index contributed by atoms with van der Waals surface area (Å²) in [6, 6.07) is 0. The van der Waals surface area contributed by atoms with E-state index >= 15 is 0 Å². The summed E-state index contributed by atoms with van der Waals surface area (Å²) < 4.78 is 11.9. The van der Waals surface area contributed by atoms with Gasteiger partial charge >= 0.3 is 0 Å². The van der Waals surface area contributed by atoms with E-state index in [-0.39, 0.29) is 5.60 Å². The number of nitrogens with one attached hydrogen (secondary N) is 1. The van der Waals surface area contributed by atoms with Crippen LogP contribution in [0.2, 0.25) is 0 Å². The quantitative estimate of drug-likeness (QED) is 0.741.